The number of hydrogen-bond acceptors (Lipinski definition) is 4. The van der Waals surface area contributed by atoms with E-state index in [2.05, 4.69) is 22.3 Å². The average molecular weight is 479 g/mol. The minimum atomic E-state index is -0.411. The van der Waals surface area contributed by atoms with Crippen LogP contribution in [-0.2, 0) is 17.8 Å². The zero-order valence-corrected chi connectivity index (χ0v) is 19.2. The summed E-state index contributed by atoms with van der Waals surface area (Å²) in [5.74, 6) is 0.202. The second kappa shape index (κ2) is 9.37. The lowest BCUT2D eigenvalue weighted by Crippen LogP contribution is -2.37. The molecule has 0 aliphatic carbocycles. The summed E-state index contributed by atoms with van der Waals surface area (Å²) in [5.41, 5.74) is 3.41. The minimum Gasteiger partial charge on any atom is -0.337 e. The van der Waals surface area contributed by atoms with E-state index in [-0.39, 0.29) is 11.7 Å². The molecular weight excluding hydrogens is 459 g/mol. The maximum Gasteiger partial charge on any atom is 0.233 e. The highest BCUT2D eigenvalue weighted by molar-refractivity contribution is 7.99. The summed E-state index contributed by atoms with van der Waals surface area (Å²) < 4.78 is 16.4. The maximum atomic E-state index is 14.8. The number of amides is 1. The molecule has 0 unspecified atom stereocenters. The number of halogens is 2. The van der Waals surface area contributed by atoms with Crippen molar-refractivity contribution < 1.29 is 9.18 Å². The van der Waals surface area contributed by atoms with Gasteiger partial charge in [0.05, 0.1) is 16.5 Å². The van der Waals surface area contributed by atoms with Gasteiger partial charge in [0, 0.05) is 18.7 Å². The molecule has 0 N–H and O–H groups in total. The van der Waals surface area contributed by atoms with Gasteiger partial charge in [-0.05, 0) is 41.8 Å². The van der Waals surface area contributed by atoms with E-state index >= 15 is 0 Å². The van der Waals surface area contributed by atoms with Crippen LogP contribution >= 0.6 is 23.4 Å². The SMILES string of the molecule is O=C(CSc1nnc(-c2ccccc2Cl)n1-c1ccccc1F)N1CCc2ccccc2C1. The maximum absolute atomic E-state index is 14.8. The highest BCUT2D eigenvalue weighted by Crippen LogP contribution is 2.33. The Bertz CT molecular complexity index is 1330. The first-order valence-electron chi connectivity index (χ1n) is 10.5. The molecule has 4 aromatic rings. The first-order chi connectivity index (χ1) is 16.1. The smallest absolute Gasteiger partial charge is 0.233 e. The van der Waals surface area contributed by atoms with E-state index < -0.39 is 5.82 Å². The lowest BCUT2D eigenvalue weighted by atomic mass is 10.00. The predicted molar refractivity (Wildman–Crippen MR) is 128 cm³/mol. The molecule has 0 saturated heterocycles. The second-order valence-electron chi connectivity index (χ2n) is 7.70. The third-order valence-electron chi connectivity index (χ3n) is 5.65. The number of para-hydroxylation sites is 1. The molecule has 1 aliphatic rings. The Morgan fingerprint density at radius 1 is 0.970 bits per heavy atom. The molecule has 8 heteroatoms. The van der Waals surface area contributed by atoms with Gasteiger partial charge in [0.1, 0.15) is 5.82 Å². The summed E-state index contributed by atoms with van der Waals surface area (Å²) in [5, 5.41) is 9.50. The van der Waals surface area contributed by atoms with Crippen LogP contribution in [0, 0.1) is 5.82 Å². The van der Waals surface area contributed by atoms with Crippen molar-refractivity contribution in [2.45, 2.75) is 18.1 Å². The summed E-state index contributed by atoms with van der Waals surface area (Å²) in [7, 11) is 0. The fourth-order valence-corrected chi connectivity index (χ4v) is 5.02. The van der Waals surface area contributed by atoms with Gasteiger partial charge in [0.2, 0.25) is 5.91 Å². The normalized spacial score (nSPS) is 13.1. The molecule has 0 saturated carbocycles. The van der Waals surface area contributed by atoms with Crippen LogP contribution in [0.25, 0.3) is 17.1 Å². The van der Waals surface area contributed by atoms with Crippen molar-refractivity contribution >= 4 is 29.3 Å². The largest absolute Gasteiger partial charge is 0.337 e. The first kappa shape index (κ1) is 21.7. The Morgan fingerprint density at radius 2 is 1.70 bits per heavy atom. The van der Waals surface area contributed by atoms with E-state index in [1.165, 1.54) is 29.0 Å². The van der Waals surface area contributed by atoms with E-state index in [1.807, 2.05) is 35.2 Å². The van der Waals surface area contributed by atoms with Crippen LogP contribution in [-0.4, -0.2) is 37.9 Å². The van der Waals surface area contributed by atoms with Crippen LogP contribution in [0.1, 0.15) is 11.1 Å². The average Bonchev–Trinajstić information content (AvgIpc) is 3.26. The van der Waals surface area contributed by atoms with Crippen LogP contribution in [0.4, 0.5) is 4.39 Å². The Morgan fingerprint density at radius 3 is 2.52 bits per heavy atom. The molecule has 166 valence electrons. The number of carbonyl (C=O) groups excluding carboxylic acids is 1. The van der Waals surface area contributed by atoms with Gasteiger partial charge in [-0.1, -0.05) is 71.9 Å². The highest BCUT2D eigenvalue weighted by Gasteiger charge is 2.24. The van der Waals surface area contributed by atoms with Crippen molar-refractivity contribution in [3.8, 4) is 17.1 Å². The van der Waals surface area contributed by atoms with E-state index in [0.717, 1.165) is 6.42 Å². The number of rotatable bonds is 5. The third kappa shape index (κ3) is 4.38. The summed E-state index contributed by atoms with van der Waals surface area (Å²) in [6.07, 6.45) is 0.842. The fourth-order valence-electron chi connectivity index (χ4n) is 3.96. The molecule has 1 amide bonds. The number of benzene rings is 3. The zero-order valence-electron chi connectivity index (χ0n) is 17.6. The summed E-state index contributed by atoms with van der Waals surface area (Å²) in [6.45, 7) is 1.28. The number of aromatic nitrogens is 3. The van der Waals surface area contributed by atoms with Crippen LogP contribution in [0.5, 0.6) is 0 Å². The number of carbonyl (C=O) groups is 1. The number of hydrogen-bond donors (Lipinski definition) is 0. The van der Waals surface area contributed by atoms with E-state index in [1.54, 1.807) is 28.8 Å². The monoisotopic (exact) mass is 478 g/mol. The number of thioether (sulfide) groups is 1. The topological polar surface area (TPSA) is 51.0 Å². The lowest BCUT2D eigenvalue weighted by Gasteiger charge is -2.28. The number of fused-ring (bicyclic) bond motifs is 1. The molecule has 0 fully saturated rings. The van der Waals surface area contributed by atoms with Crippen LogP contribution in [0.3, 0.4) is 0 Å². The van der Waals surface area contributed by atoms with Gasteiger partial charge in [-0.3, -0.25) is 9.36 Å². The molecule has 3 aromatic carbocycles. The molecule has 1 aliphatic heterocycles. The minimum absolute atomic E-state index is 0.0110. The predicted octanol–water partition coefficient (Wildman–Crippen LogP) is 5.40. The van der Waals surface area contributed by atoms with Crippen molar-refractivity contribution in [1.82, 2.24) is 19.7 Å². The molecule has 1 aromatic heterocycles. The Labute approximate surface area is 200 Å². The van der Waals surface area contributed by atoms with Crippen LogP contribution in [0.15, 0.2) is 78.0 Å². The Hall–Kier alpha value is -3.16. The van der Waals surface area contributed by atoms with Gasteiger partial charge < -0.3 is 4.90 Å². The van der Waals surface area contributed by atoms with Gasteiger partial charge in [0.25, 0.3) is 0 Å². The quantitative estimate of drug-likeness (QED) is 0.360. The van der Waals surface area contributed by atoms with E-state index in [4.69, 9.17) is 11.6 Å². The van der Waals surface area contributed by atoms with E-state index in [0.29, 0.717) is 40.3 Å². The number of nitrogens with zero attached hydrogens (tertiary/aromatic N) is 4. The van der Waals surface area contributed by atoms with Gasteiger partial charge in [-0.25, -0.2) is 4.39 Å². The molecule has 0 atom stereocenters. The summed E-state index contributed by atoms with van der Waals surface area (Å²) in [6, 6.07) is 21.8. The Balaban J connectivity index is 1.42. The molecule has 33 heavy (non-hydrogen) atoms. The van der Waals surface area contributed by atoms with Crippen LogP contribution in [0.2, 0.25) is 5.02 Å². The Kier molecular flexibility index (Phi) is 6.15. The highest BCUT2D eigenvalue weighted by atomic mass is 35.5. The first-order valence-corrected chi connectivity index (χ1v) is 11.9. The third-order valence-corrected chi connectivity index (χ3v) is 6.89. The molecule has 5 rings (SSSR count). The second-order valence-corrected chi connectivity index (χ2v) is 9.05. The van der Waals surface area contributed by atoms with Gasteiger partial charge >= 0.3 is 0 Å². The van der Waals surface area contributed by atoms with Crippen molar-refractivity contribution in [2.75, 3.05) is 12.3 Å². The lowest BCUT2D eigenvalue weighted by molar-refractivity contribution is -0.129. The van der Waals surface area contributed by atoms with Crippen molar-refractivity contribution in [3.63, 3.8) is 0 Å². The van der Waals surface area contributed by atoms with Crippen LogP contribution < -0.4 is 0 Å². The molecule has 0 bridgehead atoms. The van der Waals surface area contributed by atoms with Gasteiger partial charge in [-0.15, -0.1) is 10.2 Å². The van der Waals surface area contributed by atoms with Gasteiger partial charge in [0.15, 0.2) is 11.0 Å². The standard InChI is InChI=1S/C25H20ClFN4OS/c26-20-10-4-3-9-19(20)24-28-29-25(31(24)22-12-6-5-11-21(22)27)33-16-23(32)30-14-13-17-7-1-2-8-18(17)15-30/h1-12H,13-16H2. The molecule has 0 spiro atoms. The molecule has 0 radical (unpaired) electrons. The van der Waals surface area contributed by atoms with E-state index in [9.17, 15) is 9.18 Å². The molecule has 2 heterocycles. The summed E-state index contributed by atoms with van der Waals surface area (Å²) in [4.78, 5) is 14.8. The summed E-state index contributed by atoms with van der Waals surface area (Å²) >= 11 is 7.64. The molecule has 5 nitrogen and oxygen atoms in total. The van der Waals surface area contributed by atoms with Gasteiger partial charge in [-0.2, -0.15) is 0 Å². The van der Waals surface area contributed by atoms with Crippen molar-refractivity contribution in [1.29, 1.82) is 0 Å². The van der Waals surface area contributed by atoms with Crippen molar-refractivity contribution in [3.05, 3.63) is 94.8 Å². The fraction of sp³-hybridized carbons (Fsp3) is 0.160. The van der Waals surface area contributed by atoms with Crippen molar-refractivity contribution in [2.24, 2.45) is 0 Å². The zero-order chi connectivity index (χ0) is 22.8. The molecular formula is C25H20ClFN4OS.